The minimum Gasteiger partial charge on any atom is -0.376 e. The summed E-state index contributed by atoms with van der Waals surface area (Å²) in [6.45, 7) is 6.70. The molecule has 1 saturated carbocycles. The third kappa shape index (κ3) is 4.93. The second-order valence-electron chi connectivity index (χ2n) is 7.34. The fourth-order valence-electron chi connectivity index (χ4n) is 3.82. The van der Waals surface area contributed by atoms with Gasteiger partial charge in [0.2, 0.25) is 5.89 Å². The van der Waals surface area contributed by atoms with Gasteiger partial charge in [-0.05, 0) is 38.5 Å². The van der Waals surface area contributed by atoms with E-state index in [0.717, 1.165) is 32.4 Å². The van der Waals surface area contributed by atoms with Gasteiger partial charge in [-0.1, -0.05) is 24.9 Å². The first kappa shape index (κ1) is 18.2. The van der Waals surface area contributed by atoms with Crippen molar-refractivity contribution in [3.8, 4) is 0 Å². The Kier molecular flexibility index (Phi) is 6.29. The van der Waals surface area contributed by atoms with Crippen molar-refractivity contribution >= 4 is 6.03 Å². The van der Waals surface area contributed by atoms with Gasteiger partial charge in [-0.2, -0.15) is 4.98 Å². The number of piperidine rings is 1. The molecule has 140 valence electrons. The van der Waals surface area contributed by atoms with Crippen LogP contribution in [0.4, 0.5) is 4.79 Å². The SMILES string of the molecule is Cc1noc(C2CCN(C(=O)NCCOC3CCCCC3C)CC2)n1. The van der Waals surface area contributed by atoms with E-state index < -0.39 is 0 Å². The highest BCUT2D eigenvalue weighted by Gasteiger charge is 2.27. The normalized spacial score (nSPS) is 25.1. The predicted molar refractivity (Wildman–Crippen MR) is 93.4 cm³/mol. The standard InChI is InChI=1S/C18H30N4O3/c1-13-5-3-4-6-16(13)24-12-9-19-18(23)22-10-7-15(8-11-22)17-20-14(2)21-25-17/h13,15-16H,3-12H2,1-2H3,(H,19,23). The van der Waals surface area contributed by atoms with Crippen molar-refractivity contribution < 1.29 is 14.1 Å². The van der Waals surface area contributed by atoms with Crippen molar-refractivity contribution in [3.05, 3.63) is 11.7 Å². The Hall–Kier alpha value is -1.63. The maximum Gasteiger partial charge on any atom is 0.317 e. The zero-order valence-electron chi connectivity index (χ0n) is 15.4. The monoisotopic (exact) mass is 350 g/mol. The summed E-state index contributed by atoms with van der Waals surface area (Å²) in [6, 6.07) is 0.000419. The molecule has 25 heavy (non-hydrogen) atoms. The van der Waals surface area contributed by atoms with Gasteiger partial charge in [0.05, 0.1) is 12.7 Å². The van der Waals surface area contributed by atoms with Crippen LogP contribution in [-0.4, -0.2) is 53.4 Å². The quantitative estimate of drug-likeness (QED) is 0.826. The summed E-state index contributed by atoms with van der Waals surface area (Å²) in [5, 5.41) is 6.82. The molecule has 1 saturated heterocycles. The first-order valence-corrected chi connectivity index (χ1v) is 9.58. The molecule has 2 atom stereocenters. The molecule has 7 heteroatoms. The summed E-state index contributed by atoms with van der Waals surface area (Å²) in [6.07, 6.45) is 7.08. The summed E-state index contributed by atoms with van der Waals surface area (Å²) in [5.41, 5.74) is 0. The molecule has 1 aromatic heterocycles. The fraction of sp³-hybridized carbons (Fsp3) is 0.833. The Bertz CT molecular complexity index is 554. The van der Waals surface area contributed by atoms with Crippen LogP contribution in [0, 0.1) is 12.8 Å². The van der Waals surface area contributed by atoms with E-state index in [1.54, 1.807) is 0 Å². The number of urea groups is 1. The highest BCUT2D eigenvalue weighted by molar-refractivity contribution is 5.74. The number of aromatic nitrogens is 2. The van der Waals surface area contributed by atoms with E-state index >= 15 is 0 Å². The molecule has 2 unspecified atom stereocenters. The molecule has 0 bridgehead atoms. The number of likely N-dealkylation sites (tertiary alicyclic amines) is 1. The minimum absolute atomic E-state index is 0.000419. The van der Waals surface area contributed by atoms with Crippen LogP contribution in [0.1, 0.15) is 63.1 Å². The molecular formula is C18H30N4O3. The first-order chi connectivity index (χ1) is 12.1. The topological polar surface area (TPSA) is 80.5 Å². The largest absolute Gasteiger partial charge is 0.376 e. The summed E-state index contributed by atoms with van der Waals surface area (Å²) in [4.78, 5) is 18.4. The molecule has 7 nitrogen and oxygen atoms in total. The summed E-state index contributed by atoms with van der Waals surface area (Å²) in [5.74, 6) is 2.27. The second kappa shape index (κ2) is 8.65. The summed E-state index contributed by atoms with van der Waals surface area (Å²) >= 11 is 0. The highest BCUT2D eigenvalue weighted by Crippen LogP contribution is 2.27. The van der Waals surface area contributed by atoms with Crippen molar-refractivity contribution in [2.75, 3.05) is 26.2 Å². The lowest BCUT2D eigenvalue weighted by Gasteiger charge is -2.31. The molecule has 1 aromatic rings. The summed E-state index contributed by atoms with van der Waals surface area (Å²) < 4.78 is 11.2. The highest BCUT2D eigenvalue weighted by atomic mass is 16.5. The number of nitrogens with one attached hydrogen (secondary N) is 1. The number of nitrogens with zero attached hydrogens (tertiary/aromatic N) is 3. The number of aryl methyl sites for hydroxylation is 1. The number of carbonyl (C=O) groups excluding carboxylic acids is 1. The number of ether oxygens (including phenoxy) is 1. The molecular weight excluding hydrogens is 320 g/mol. The molecule has 3 rings (SSSR count). The van der Waals surface area contributed by atoms with Crippen LogP contribution < -0.4 is 5.32 Å². The molecule has 0 radical (unpaired) electrons. The average Bonchev–Trinajstić information content (AvgIpc) is 3.06. The molecule has 2 amide bonds. The fourth-order valence-corrected chi connectivity index (χ4v) is 3.82. The maximum absolute atomic E-state index is 12.3. The zero-order chi connectivity index (χ0) is 17.6. The van der Waals surface area contributed by atoms with E-state index in [1.165, 1.54) is 19.3 Å². The van der Waals surface area contributed by atoms with Crippen molar-refractivity contribution in [1.82, 2.24) is 20.4 Å². The van der Waals surface area contributed by atoms with E-state index in [0.29, 0.717) is 36.9 Å². The number of amides is 2. The third-order valence-corrected chi connectivity index (χ3v) is 5.42. The van der Waals surface area contributed by atoms with Crippen molar-refractivity contribution in [1.29, 1.82) is 0 Å². The number of hydrogen-bond donors (Lipinski definition) is 1. The first-order valence-electron chi connectivity index (χ1n) is 9.58. The molecule has 0 aromatic carbocycles. The van der Waals surface area contributed by atoms with E-state index in [4.69, 9.17) is 9.26 Å². The van der Waals surface area contributed by atoms with Crippen LogP contribution in [0.2, 0.25) is 0 Å². The Morgan fingerprint density at radius 1 is 1.28 bits per heavy atom. The van der Waals surface area contributed by atoms with E-state index in [1.807, 2.05) is 11.8 Å². The Morgan fingerprint density at radius 3 is 2.72 bits per heavy atom. The molecule has 1 aliphatic carbocycles. The molecule has 0 spiro atoms. The second-order valence-corrected chi connectivity index (χ2v) is 7.34. The van der Waals surface area contributed by atoms with E-state index in [2.05, 4.69) is 22.4 Å². The third-order valence-electron chi connectivity index (χ3n) is 5.42. The lowest BCUT2D eigenvalue weighted by molar-refractivity contribution is -0.00277. The van der Waals surface area contributed by atoms with Crippen LogP contribution in [0.15, 0.2) is 4.52 Å². The van der Waals surface area contributed by atoms with Gasteiger partial charge in [-0.15, -0.1) is 0 Å². The van der Waals surface area contributed by atoms with Crippen LogP contribution in [-0.2, 0) is 4.74 Å². The van der Waals surface area contributed by atoms with Gasteiger partial charge in [0.15, 0.2) is 5.82 Å². The van der Waals surface area contributed by atoms with Crippen LogP contribution in [0.3, 0.4) is 0 Å². The van der Waals surface area contributed by atoms with Gasteiger partial charge in [0.1, 0.15) is 0 Å². The molecule has 1 aliphatic heterocycles. The van der Waals surface area contributed by atoms with Gasteiger partial charge in [-0.3, -0.25) is 0 Å². The number of hydrogen-bond acceptors (Lipinski definition) is 5. The smallest absolute Gasteiger partial charge is 0.317 e. The predicted octanol–water partition coefficient (Wildman–Crippen LogP) is 2.86. The lowest BCUT2D eigenvalue weighted by Crippen LogP contribution is -2.45. The molecule has 1 N–H and O–H groups in total. The Balaban J connectivity index is 1.32. The van der Waals surface area contributed by atoms with Crippen LogP contribution in [0.25, 0.3) is 0 Å². The maximum atomic E-state index is 12.3. The van der Waals surface area contributed by atoms with Gasteiger partial charge >= 0.3 is 6.03 Å². The Morgan fingerprint density at radius 2 is 2.04 bits per heavy atom. The van der Waals surface area contributed by atoms with E-state index in [-0.39, 0.29) is 11.9 Å². The van der Waals surface area contributed by atoms with Gasteiger partial charge < -0.3 is 19.5 Å². The Labute approximate surface area is 149 Å². The average molecular weight is 350 g/mol. The number of carbonyl (C=O) groups is 1. The van der Waals surface area contributed by atoms with Crippen molar-refractivity contribution in [2.45, 2.75) is 64.4 Å². The molecule has 2 aliphatic rings. The van der Waals surface area contributed by atoms with Gasteiger partial charge in [0, 0.05) is 25.6 Å². The van der Waals surface area contributed by atoms with E-state index in [9.17, 15) is 4.79 Å². The number of rotatable bonds is 5. The minimum atomic E-state index is 0.000419. The van der Waals surface area contributed by atoms with Crippen molar-refractivity contribution in [3.63, 3.8) is 0 Å². The zero-order valence-corrected chi connectivity index (χ0v) is 15.4. The molecule has 2 heterocycles. The van der Waals surface area contributed by atoms with Crippen LogP contribution >= 0.6 is 0 Å². The summed E-state index contributed by atoms with van der Waals surface area (Å²) in [7, 11) is 0. The van der Waals surface area contributed by atoms with Crippen LogP contribution in [0.5, 0.6) is 0 Å². The van der Waals surface area contributed by atoms with Gasteiger partial charge in [0.25, 0.3) is 0 Å². The lowest BCUT2D eigenvalue weighted by atomic mass is 9.88. The van der Waals surface area contributed by atoms with Gasteiger partial charge in [-0.25, -0.2) is 4.79 Å². The van der Waals surface area contributed by atoms with Crippen molar-refractivity contribution in [2.24, 2.45) is 5.92 Å². The molecule has 2 fully saturated rings.